The Bertz CT molecular complexity index is 528. The van der Waals surface area contributed by atoms with Crippen LogP contribution >= 0.6 is 11.3 Å². The van der Waals surface area contributed by atoms with E-state index in [1.807, 2.05) is 24.3 Å². The molecule has 1 N–H and O–H groups in total. The average molecular weight is 277 g/mol. The zero-order chi connectivity index (χ0) is 13.9. The molecule has 0 aliphatic carbocycles. The molecule has 5 heteroatoms. The number of benzene rings is 1. The molecule has 0 radical (unpaired) electrons. The fourth-order valence-electron chi connectivity index (χ4n) is 1.52. The van der Waals surface area contributed by atoms with E-state index in [4.69, 9.17) is 4.74 Å². The SMILES string of the molecule is COc1ccc(-c2nnc(CNC(C)(C)C)s2)cc1. The van der Waals surface area contributed by atoms with Crippen LogP contribution < -0.4 is 10.1 Å². The summed E-state index contributed by atoms with van der Waals surface area (Å²) in [5, 5.41) is 13.8. The second-order valence-electron chi connectivity index (χ2n) is 5.33. The molecule has 0 aliphatic heterocycles. The van der Waals surface area contributed by atoms with Gasteiger partial charge < -0.3 is 10.1 Å². The Hall–Kier alpha value is -1.46. The van der Waals surface area contributed by atoms with Gasteiger partial charge in [0.15, 0.2) is 0 Å². The highest BCUT2D eigenvalue weighted by Crippen LogP contribution is 2.25. The monoisotopic (exact) mass is 277 g/mol. The lowest BCUT2D eigenvalue weighted by Crippen LogP contribution is -2.35. The van der Waals surface area contributed by atoms with Crippen LogP contribution in [0.15, 0.2) is 24.3 Å². The molecular formula is C14H19N3OS. The Labute approximate surface area is 117 Å². The first-order valence-corrected chi connectivity index (χ1v) is 7.01. The number of rotatable bonds is 4. The van der Waals surface area contributed by atoms with Gasteiger partial charge in [-0.25, -0.2) is 0 Å². The van der Waals surface area contributed by atoms with E-state index in [2.05, 4.69) is 36.3 Å². The molecule has 0 saturated carbocycles. The number of hydrogen-bond acceptors (Lipinski definition) is 5. The molecule has 0 unspecified atom stereocenters. The maximum Gasteiger partial charge on any atom is 0.147 e. The van der Waals surface area contributed by atoms with Crippen molar-refractivity contribution in [3.8, 4) is 16.3 Å². The van der Waals surface area contributed by atoms with Crippen LogP contribution in [0.3, 0.4) is 0 Å². The fourth-order valence-corrected chi connectivity index (χ4v) is 2.30. The Balaban J connectivity index is 2.07. The molecule has 1 aromatic heterocycles. The predicted molar refractivity (Wildman–Crippen MR) is 78.5 cm³/mol. The molecular weight excluding hydrogens is 258 g/mol. The lowest BCUT2D eigenvalue weighted by Gasteiger charge is -2.19. The first-order chi connectivity index (χ1) is 8.98. The lowest BCUT2D eigenvalue weighted by molar-refractivity contribution is 0.415. The van der Waals surface area contributed by atoms with Crippen LogP contribution in [-0.4, -0.2) is 22.8 Å². The van der Waals surface area contributed by atoms with Crippen molar-refractivity contribution in [3.05, 3.63) is 29.3 Å². The summed E-state index contributed by atoms with van der Waals surface area (Å²) in [6, 6.07) is 7.87. The maximum atomic E-state index is 5.14. The van der Waals surface area contributed by atoms with E-state index in [9.17, 15) is 0 Å². The summed E-state index contributed by atoms with van der Waals surface area (Å²) in [4.78, 5) is 0. The fraction of sp³-hybridized carbons (Fsp3) is 0.429. The molecule has 0 saturated heterocycles. The third-order valence-electron chi connectivity index (χ3n) is 2.57. The highest BCUT2D eigenvalue weighted by Gasteiger charge is 2.11. The van der Waals surface area contributed by atoms with Gasteiger partial charge in [-0.2, -0.15) is 0 Å². The molecule has 4 nitrogen and oxygen atoms in total. The van der Waals surface area contributed by atoms with Gasteiger partial charge in [-0.1, -0.05) is 11.3 Å². The predicted octanol–water partition coefficient (Wildman–Crippen LogP) is 3.10. The number of aromatic nitrogens is 2. The number of nitrogens with one attached hydrogen (secondary N) is 1. The van der Waals surface area contributed by atoms with Crippen LogP contribution in [0.2, 0.25) is 0 Å². The average Bonchev–Trinajstić information content (AvgIpc) is 2.84. The minimum absolute atomic E-state index is 0.0892. The maximum absolute atomic E-state index is 5.14. The molecule has 0 fully saturated rings. The van der Waals surface area contributed by atoms with Crippen molar-refractivity contribution >= 4 is 11.3 Å². The van der Waals surface area contributed by atoms with E-state index in [0.29, 0.717) is 0 Å². The van der Waals surface area contributed by atoms with E-state index in [1.165, 1.54) is 0 Å². The summed E-state index contributed by atoms with van der Waals surface area (Å²) >= 11 is 1.61. The van der Waals surface area contributed by atoms with Gasteiger partial charge in [0.25, 0.3) is 0 Å². The highest BCUT2D eigenvalue weighted by atomic mass is 32.1. The summed E-state index contributed by atoms with van der Waals surface area (Å²) in [6.45, 7) is 7.16. The second kappa shape index (κ2) is 5.67. The standard InChI is InChI=1S/C14H19N3OS/c1-14(2,3)15-9-12-16-17-13(19-12)10-5-7-11(18-4)8-6-10/h5-8,15H,9H2,1-4H3. The van der Waals surface area contributed by atoms with Gasteiger partial charge in [-0.3, -0.25) is 0 Å². The number of hydrogen-bond donors (Lipinski definition) is 1. The third-order valence-corrected chi connectivity index (χ3v) is 3.55. The van der Waals surface area contributed by atoms with Crippen molar-refractivity contribution in [1.29, 1.82) is 0 Å². The number of nitrogens with zero attached hydrogens (tertiary/aromatic N) is 2. The van der Waals surface area contributed by atoms with Gasteiger partial charge >= 0.3 is 0 Å². The minimum atomic E-state index is 0.0892. The largest absolute Gasteiger partial charge is 0.497 e. The molecule has 0 amide bonds. The molecule has 2 aromatic rings. The van der Waals surface area contributed by atoms with Crippen LogP contribution in [0.25, 0.3) is 10.6 Å². The van der Waals surface area contributed by atoms with E-state index >= 15 is 0 Å². The van der Waals surface area contributed by atoms with Crippen molar-refractivity contribution in [1.82, 2.24) is 15.5 Å². The van der Waals surface area contributed by atoms with E-state index in [-0.39, 0.29) is 5.54 Å². The highest BCUT2D eigenvalue weighted by molar-refractivity contribution is 7.14. The zero-order valence-electron chi connectivity index (χ0n) is 11.7. The van der Waals surface area contributed by atoms with E-state index in [1.54, 1.807) is 18.4 Å². The van der Waals surface area contributed by atoms with Crippen molar-refractivity contribution < 1.29 is 4.74 Å². The summed E-state index contributed by atoms with van der Waals surface area (Å²) in [5.74, 6) is 0.850. The zero-order valence-corrected chi connectivity index (χ0v) is 12.5. The summed E-state index contributed by atoms with van der Waals surface area (Å²) in [6.07, 6.45) is 0. The van der Waals surface area contributed by atoms with Gasteiger partial charge in [-0.15, -0.1) is 10.2 Å². The van der Waals surface area contributed by atoms with Crippen LogP contribution in [0.5, 0.6) is 5.75 Å². The van der Waals surface area contributed by atoms with Gasteiger partial charge in [0.05, 0.1) is 13.7 Å². The molecule has 1 heterocycles. The molecule has 19 heavy (non-hydrogen) atoms. The smallest absolute Gasteiger partial charge is 0.147 e. The van der Waals surface area contributed by atoms with Crippen LogP contribution in [0.4, 0.5) is 0 Å². The Morgan fingerprint density at radius 3 is 2.42 bits per heavy atom. The molecule has 0 aliphatic rings. The molecule has 1 aromatic carbocycles. The van der Waals surface area contributed by atoms with Crippen molar-refractivity contribution in [2.75, 3.05) is 7.11 Å². The first kappa shape index (κ1) is 14.0. The summed E-state index contributed by atoms with van der Waals surface area (Å²) in [5.41, 5.74) is 1.16. The first-order valence-electron chi connectivity index (χ1n) is 6.20. The minimum Gasteiger partial charge on any atom is -0.497 e. The van der Waals surface area contributed by atoms with E-state index < -0.39 is 0 Å². The third kappa shape index (κ3) is 4.01. The Morgan fingerprint density at radius 2 is 1.84 bits per heavy atom. The topological polar surface area (TPSA) is 47.0 Å². The van der Waals surface area contributed by atoms with Gasteiger partial charge in [-0.05, 0) is 45.0 Å². The number of ether oxygens (including phenoxy) is 1. The normalized spacial score (nSPS) is 11.6. The Morgan fingerprint density at radius 1 is 1.16 bits per heavy atom. The Kier molecular flexibility index (Phi) is 4.17. The molecule has 0 bridgehead atoms. The summed E-state index contributed by atoms with van der Waals surface area (Å²) < 4.78 is 5.14. The van der Waals surface area contributed by atoms with Crippen molar-refractivity contribution in [2.45, 2.75) is 32.9 Å². The molecule has 0 atom stereocenters. The molecule has 2 rings (SSSR count). The van der Waals surface area contributed by atoms with Crippen molar-refractivity contribution in [2.24, 2.45) is 0 Å². The van der Waals surface area contributed by atoms with Crippen molar-refractivity contribution in [3.63, 3.8) is 0 Å². The quantitative estimate of drug-likeness (QED) is 0.933. The van der Waals surface area contributed by atoms with Gasteiger partial charge in [0, 0.05) is 11.1 Å². The van der Waals surface area contributed by atoms with Crippen LogP contribution in [0.1, 0.15) is 25.8 Å². The van der Waals surface area contributed by atoms with Gasteiger partial charge in [0.2, 0.25) is 0 Å². The van der Waals surface area contributed by atoms with Crippen LogP contribution in [0, 0.1) is 0 Å². The lowest BCUT2D eigenvalue weighted by atomic mass is 10.1. The van der Waals surface area contributed by atoms with E-state index in [0.717, 1.165) is 27.9 Å². The molecule has 102 valence electrons. The van der Waals surface area contributed by atoms with Crippen LogP contribution in [-0.2, 0) is 6.54 Å². The number of methoxy groups -OCH3 is 1. The second-order valence-corrected chi connectivity index (χ2v) is 6.40. The summed E-state index contributed by atoms with van der Waals surface area (Å²) in [7, 11) is 1.66. The molecule has 0 spiro atoms. The van der Waals surface area contributed by atoms with Gasteiger partial charge in [0.1, 0.15) is 15.8 Å².